The maximum atomic E-state index is 14.3. The van der Waals surface area contributed by atoms with E-state index in [4.69, 9.17) is 0 Å². The van der Waals surface area contributed by atoms with E-state index < -0.39 is 90.1 Å². The summed E-state index contributed by atoms with van der Waals surface area (Å²) in [6, 6.07) is 23.9. The lowest BCUT2D eigenvalue weighted by molar-refractivity contribution is -0.114. The molecule has 5 rings (SSSR count). The van der Waals surface area contributed by atoms with Crippen LogP contribution in [0.1, 0.15) is 0 Å². The molecule has 0 amide bonds. The van der Waals surface area contributed by atoms with Crippen LogP contribution >= 0.6 is 0 Å². The summed E-state index contributed by atoms with van der Waals surface area (Å²) in [6.45, 7) is 0. The van der Waals surface area contributed by atoms with Gasteiger partial charge in [0.2, 0.25) is 50.9 Å². The van der Waals surface area contributed by atoms with Gasteiger partial charge in [-0.1, -0.05) is 72.8 Å². The quantitative estimate of drug-likeness (QED) is 0.253. The fraction of sp³-hybridized carbons (Fsp3) is 0. The summed E-state index contributed by atoms with van der Waals surface area (Å²) >= 11 is 0. The fourth-order valence-electron chi connectivity index (χ4n) is 4.46. The topological polar surface area (TPSA) is 171 Å². The van der Waals surface area contributed by atoms with Crippen LogP contribution in [-0.4, -0.2) is 45.2 Å². The largest absolute Gasteiger partial charge is 0.287 e. The molecule has 10 nitrogen and oxygen atoms in total. The predicted molar refractivity (Wildman–Crippen MR) is 159 cm³/mol. The molecule has 1 aliphatic carbocycles. The fourth-order valence-corrected chi connectivity index (χ4v) is 11.6. The molecular formula is C30H20O10S4. The van der Waals surface area contributed by atoms with E-state index in [9.17, 15) is 43.3 Å². The van der Waals surface area contributed by atoms with Crippen molar-refractivity contribution in [1.29, 1.82) is 0 Å². The van der Waals surface area contributed by atoms with Crippen molar-refractivity contribution in [2.75, 3.05) is 0 Å². The molecule has 0 saturated carbocycles. The summed E-state index contributed by atoms with van der Waals surface area (Å²) in [7, 11) is -21.0. The second-order valence-electron chi connectivity index (χ2n) is 9.24. The number of hydrogen-bond acceptors (Lipinski definition) is 10. The summed E-state index contributed by atoms with van der Waals surface area (Å²) in [6.07, 6.45) is 0. The molecule has 0 N–H and O–H groups in total. The smallest absolute Gasteiger partial charge is 0.219 e. The number of hydrogen-bond donors (Lipinski definition) is 0. The molecule has 0 bridgehead atoms. The van der Waals surface area contributed by atoms with Crippen molar-refractivity contribution in [2.24, 2.45) is 0 Å². The Bertz CT molecular complexity index is 1980. The van der Waals surface area contributed by atoms with Gasteiger partial charge in [-0.05, 0) is 48.5 Å². The number of allylic oxidation sites excluding steroid dienone is 4. The number of ketones is 2. The van der Waals surface area contributed by atoms with E-state index >= 15 is 0 Å². The highest BCUT2D eigenvalue weighted by atomic mass is 32.2. The van der Waals surface area contributed by atoms with Crippen LogP contribution in [0.3, 0.4) is 0 Å². The molecule has 0 spiro atoms. The Morgan fingerprint density at radius 3 is 0.591 bits per heavy atom. The molecule has 0 heterocycles. The summed E-state index contributed by atoms with van der Waals surface area (Å²) in [5, 5.41) is 0. The Morgan fingerprint density at radius 1 is 0.273 bits per heavy atom. The first-order chi connectivity index (χ1) is 20.7. The molecule has 4 aromatic carbocycles. The Labute approximate surface area is 253 Å². The van der Waals surface area contributed by atoms with E-state index in [1.807, 2.05) is 0 Å². The van der Waals surface area contributed by atoms with Crippen molar-refractivity contribution in [3.05, 3.63) is 141 Å². The van der Waals surface area contributed by atoms with Crippen molar-refractivity contribution in [3.63, 3.8) is 0 Å². The number of benzene rings is 4. The number of carbonyl (C=O) groups excluding carboxylic acids is 2. The van der Waals surface area contributed by atoms with Gasteiger partial charge in [0.05, 0.1) is 19.6 Å². The number of Topliss-reactive ketones (excluding diaryl/α,β-unsaturated/α-hetero) is 2. The van der Waals surface area contributed by atoms with E-state index in [0.717, 1.165) is 48.5 Å². The van der Waals surface area contributed by atoms with Gasteiger partial charge >= 0.3 is 0 Å². The molecule has 4 aromatic rings. The van der Waals surface area contributed by atoms with Crippen molar-refractivity contribution < 1.29 is 43.3 Å². The number of sulfone groups is 4. The van der Waals surface area contributed by atoms with E-state index in [-0.39, 0.29) is 0 Å². The van der Waals surface area contributed by atoms with Crippen molar-refractivity contribution in [2.45, 2.75) is 19.6 Å². The van der Waals surface area contributed by atoms with Gasteiger partial charge in [-0.25, -0.2) is 33.7 Å². The molecule has 0 saturated heterocycles. The van der Waals surface area contributed by atoms with E-state index in [1.165, 1.54) is 72.8 Å². The van der Waals surface area contributed by atoms with Crippen LogP contribution in [0.25, 0.3) is 0 Å². The average Bonchev–Trinajstić information content (AvgIpc) is 3.02. The molecular weight excluding hydrogens is 649 g/mol. The van der Waals surface area contributed by atoms with Gasteiger partial charge in [0.1, 0.15) is 19.6 Å². The Hall–Kier alpha value is -4.50. The SMILES string of the molecule is O=C1C(S(=O)(=O)c2ccccc2)=C(S(=O)(=O)c2ccccc2)C(=O)C(S(=O)(=O)c2ccccc2)=C1S(=O)(=O)c1ccccc1. The normalized spacial score (nSPS) is 15.0. The number of carbonyl (C=O) groups is 2. The second-order valence-corrected chi connectivity index (χ2v) is 16.8. The minimum absolute atomic E-state index is 0.636. The maximum absolute atomic E-state index is 14.3. The summed E-state index contributed by atoms with van der Waals surface area (Å²) < 4.78 is 112. The van der Waals surface area contributed by atoms with Crippen LogP contribution in [0.2, 0.25) is 0 Å². The zero-order chi connectivity index (χ0) is 31.9. The summed E-state index contributed by atoms with van der Waals surface area (Å²) in [5.74, 6) is -3.97. The molecule has 0 fully saturated rings. The highest BCUT2D eigenvalue weighted by Crippen LogP contribution is 2.42. The van der Waals surface area contributed by atoms with Crippen LogP contribution in [0.4, 0.5) is 0 Å². The first-order valence-corrected chi connectivity index (χ1v) is 18.4. The Morgan fingerprint density at radius 2 is 0.432 bits per heavy atom. The third kappa shape index (κ3) is 5.05. The molecule has 0 radical (unpaired) electrons. The van der Waals surface area contributed by atoms with Crippen molar-refractivity contribution >= 4 is 50.9 Å². The minimum atomic E-state index is -5.26. The zero-order valence-corrected chi connectivity index (χ0v) is 25.5. The average molecular weight is 669 g/mol. The van der Waals surface area contributed by atoms with Gasteiger partial charge in [-0.2, -0.15) is 0 Å². The van der Waals surface area contributed by atoms with E-state index in [2.05, 4.69) is 0 Å². The molecule has 0 aromatic heterocycles. The van der Waals surface area contributed by atoms with Crippen LogP contribution < -0.4 is 0 Å². The van der Waals surface area contributed by atoms with Crippen LogP contribution in [0, 0.1) is 0 Å². The highest BCUT2D eigenvalue weighted by molar-refractivity contribution is 8.03. The molecule has 0 atom stereocenters. The van der Waals surface area contributed by atoms with Crippen LogP contribution in [0.15, 0.2) is 161 Å². The zero-order valence-electron chi connectivity index (χ0n) is 22.3. The van der Waals surface area contributed by atoms with Gasteiger partial charge in [0.15, 0.2) is 0 Å². The molecule has 14 heteroatoms. The van der Waals surface area contributed by atoms with Gasteiger partial charge in [0.25, 0.3) is 0 Å². The molecule has 0 aliphatic heterocycles. The predicted octanol–water partition coefficient (Wildman–Crippen LogP) is 3.46. The van der Waals surface area contributed by atoms with Crippen LogP contribution in [0.5, 0.6) is 0 Å². The first-order valence-electron chi connectivity index (χ1n) is 12.5. The molecule has 0 unspecified atom stereocenters. The molecule has 224 valence electrons. The van der Waals surface area contributed by atoms with E-state index in [0.29, 0.717) is 0 Å². The molecule has 1 aliphatic rings. The van der Waals surface area contributed by atoms with Gasteiger partial charge in [0, 0.05) is 0 Å². The monoisotopic (exact) mass is 668 g/mol. The minimum Gasteiger partial charge on any atom is -0.287 e. The van der Waals surface area contributed by atoms with Crippen molar-refractivity contribution in [3.8, 4) is 0 Å². The van der Waals surface area contributed by atoms with Crippen molar-refractivity contribution in [1.82, 2.24) is 0 Å². The standard InChI is InChI=1S/C30H20O10S4/c31-25-27(41(33,34)21-13-5-1-6-14-21)28(42(35,36)22-15-7-2-8-16-22)26(32)30(44(39,40)24-19-11-4-12-20-24)29(25)43(37,38)23-17-9-3-10-18-23/h1-20H. The summed E-state index contributed by atoms with van der Waals surface area (Å²) in [4.78, 5) is 19.4. The molecule has 44 heavy (non-hydrogen) atoms. The third-order valence-corrected chi connectivity index (χ3v) is 14.1. The van der Waals surface area contributed by atoms with Gasteiger partial charge < -0.3 is 0 Å². The lowest BCUT2D eigenvalue weighted by Gasteiger charge is -2.24. The Kier molecular flexibility index (Phi) is 7.88. The number of rotatable bonds is 8. The lowest BCUT2D eigenvalue weighted by atomic mass is 10.1. The second kappa shape index (κ2) is 11.2. The third-order valence-electron chi connectivity index (χ3n) is 6.53. The lowest BCUT2D eigenvalue weighted by Crippen LogP contribution is -2.36. The first kappa shape index (κ1) is 30.9. The van der Waals surface area contributed by atoms with Crippen LogP contribution in [-0.2, 0) is 48.9 Å². The van der Waals surface area contributed by atoms with Gasteiger partial charge in [-0.15, -0.1) is 0 Å². The maximum Gasteiger partial charge on any atom is 0.219 e. The summed E-state index contributed by atoms with van der Waals surface area (Å²) in [5.41, 5.74) is 0. The highest BCUT2D eigenvalue weighted by Gasteiger charge is 2.53. The van der Waals surface area contributed by atoms with Gasteiger partial charge in [-0.3, -0.25) is 9.59 Å². The Balaban J connectivity index is 1.98. The van der Waals surface area contributed by atoms with E-state index in [1.54, 1.807) is 0 Å².